The Balaban J connectivity index is 1.96. The van der Waals surface area contributed by atoms with E-state index in [1.54, 1.807) is 0 Å². The molecule has 0 radical (unpaired) electrons. The summed E-state index contributed by atoms with van der Waals surface area (Å²) in [5.74, 6) is -0.0876. The van der Waals surface area contributed by atoms with Gasteiger partial charge in [0.2, 0.25) is 0 Å². The number of nitrogens with two attached hydrogens (primary N) is 2. The lowest BCUT2D eigenvalue weighted by molar-refractivity contribution is 0.0823. The van der Waals surface area contributed by atoms with Crippen LogP contribution in [0.5, 0.6) is 0 Å². The maximum absolute atomic E-state index is 12.8. The van der Waals surface area contributed by atoms with Crippen molar-refractivity contribution in [3.63, 3.8) is 0 Å². The molecule has 1 aromatic heterocycles. The fourth-order valence-electron chi connectivity index (χ4n) is 3.10. The zero-order chi connectivity index (χ0) is 15.2. The van der Waals surface area contributed by atoms with E-state index in [9.17, 15) is 14.9 Å². The number of Topliss-reactive ketones (excluding diaryl/α,β-unsaturated/α-hetero) is 1. The second kappa shape index (κ2) is 4.85. The molecule has 0 saturated heterocycles. The van der Waals surface area contributed by atoms with Crippen LogP contribution in [0.15, 0.2) is 0 Å². The molecule has 0 aliphatic heterocycles. The van der Waals surface area contributed by atoms with Gasteiger partial charge in [-0.15, -0.1) is 11.3 Å². The van der Waals surface area contributed by atoms with E-state index in [2.05, 4.69) is 6.07 Å². The molecule has 1 aromatic rings. The number of hydrogen-bond donors (Lipinski definition) is 2. The normalized spacial score (nSPS) is 24.4. The highest BCUT2D eigenvalue weighted by molar-refractivity contribution is 7.18. The molecule has 4 N–H and O–H groups in total. The molecule has 2 aliphatic carbocycles. The van der Waals surface area contributed by atoms with E-state index in [0.29, 0.717) is 35.6 Å². The minimum Gasteiger partial charge on any atom is -0.390 e. The Morgan fingerprint density at radius 1 is 1.48 bits per heavy atom. The molecule has 0 aromatic carbocycles. The maximum atomic E-state index is 12.8. The van der Waals surface area contributed by atoms with Gasteiger partial charge in [-0.2, -0.15) is 5.26 Å². The summed E-state index contributed by atoms with van der Waals surface area (Å²) in [6.07, 6.45) is 4.93. The van der Waals surface area contributed by atoms with E-state index in [1.165, 1.54) is 12.8 Å². The van der Waals surface area contributed by atoms with Gasteiger partial charge in [-0.3, -0.25) is 9.59 Å². The molecule has 21 heavy (non-hydrogen) atoms. The molecule has 6 heteroatoms. The molecular formula is C15H17N3O2S. The number of hydrogen-bond acceptors (Lipinski definition) is 5. The van der Waals surface area contributed by atoms with Gasteiger partial charge >= 0.3 is 0 Å². The minimum atomic E-state index is -0.943. The van der Waals surface area contributed by atoms with Crippen molar-refractivity contribution in [2.24, 2.45) is 17.1 Å². The van der Waals surface area contributed by atoms with Gasteiger partial charge in [0.25, 0.3) is 5.91 Å². The number of carbonyl (C=O) groups excluding carboxylic acids is 2. The van der Waals surface area contributed by atoms with E-state index in [-0.39, 0.29) is 16.3 Å². The number of nitrogen functional groups attached to an aromatic ring is 1. The zero-order valence-electron chi connectivity index (χ0n) is 11.6. The molecule has 0 bridgehead atoms. The van der Waals surface area contributed by atoms with Gasteiger partial charge in [-0.05, 0) is 37.2 Å². The number of fused-ring (bicyclic) bond motifs is 1. The van der Waals surface area contributed by atoms with E-state index >= 15 is 0 Å². The predicted octanol–water partition coefficient (Wildman–Crippen LogP) is 2.26. The lowest BCUT2D eigenvalue weighted by atomic mass is 9.70. The average molecular weight is 303 g/mol. The maximum Gasteiger partial charge on any atom is 0.251 e. The van der Waals surface area contributed by atoms with Crippen LogP contribution < -0.4 is 11.5 Å². The minimum absolute atomic E-state index is 0.170. The zero-order valence-corrected chi connectivity index (χ0v) is 12.5. The third-order valence-corrected chi connectivity index (χ3v) is 5.67. The first kappa shape index (κ1) is 14.1. The number of rotatable bonds is 4. The highest BCUT2D eigenvalue weighted by Crippen LogP contribution is 2.47. The van der Waals surface area contributed by atoms with Gasteiger partial charge in [-0.25, -0.2) is 0 Å². The van der Waals surface area contributed by atoms with E-state index < -0.39 is 11.3 Å². The van der Waals surface area contributed by atoms with Gasteiger partial charge < -0.3 is 11.5 Å². The van der Waals surface area contributed by atoms with Crippen LogP contribution in [0, 0.1) is 22.7 Å². The van der Waals surface area contributed by atoms with Crippen molar-refractivity contribution in [3.05, 3.63) is 16.0 Å². The topological polar surface area (TPSA) is 110 Å². The Kier molecular flexibility index (Phi) is 3.25. The Bertz CT molecular complexity index is 669. The summed E-state index contributed by atoms with van der Waals surface area (Å²) in [5, 5.41) is 9.86. The van der Waals surface area contributed by atoms with Gasteiger partial charge in [0, 0.05) is 0 Å². The van der Waals surface area contributed by atoms with E-state index in [1.807, 2.05) is 0 Å². The number of nitrogens with zero attached hydrogens (tertiary/aromatic N) is 1. The number of primary amides is 1. The summed E-state index contributed by atoms with van der Waals surface area (Å²) in [5.41, 5.74) is 11.2. The molecule has 0 spiro atoms. The Hall–Kier alpha value is -1.87. The summed E-state index contributed by atoms with van der Waals surface area (Å²) >= 11 is 1.10. The third kappa shape index (κ3) is 2.22. The highest BCUT2D eigenvalue weighted by atomic mass is 32.1. The number of nitriles is 1. The molecule has 1 atom stereocenters. The molecule has 1 heterocycles. The summed E-state index contributed by atoms with van der Waals surface area (Å²) in [6, 6.07) is 2.25. The van der Waals surface area contributed by atoms with Crippen molar-refractivity contribution in [1.82, 2.24) is 0 Å². The molecular weight excluding hydrogens is 286 g/mol. The smallest absolute Gasteiger partial charge is 0.251 e. The summed E-state index contributed by atoms with van der Waals surface area (Å²) < 4.78 is 0. The monoisotopic (exact) mass is 303 g/mol. The molecule has 3 rings (SSSR count). The highest BCUT2D eigenvalue weighted by Gasteiger charge is 2.46. The first-order valence-electron chi connectivity index (χ1n) is 7.15. The van der Waals surface area contributed by atoms with Gasteiger partial charge in [-0.1, -0.05) is 12.8 Å². The second-order valence-corrected chi connectivity index (χ2v) is 7.07. The summed E-state index contributed by atoms with van der Waals surface area (Å²) in [7, 11) is 0. The van der Waals surface area contributed by atoms with Gasteiger partial charge in [0.15, 0.2) is 5.78 Å². The van der Waals surface area contributed by atoms with Gasteiger partial charge in [0.05, 0.1) is 21.5 Å². The third-order valence-electron chi connectivity index (χ3n) is 4.61. The lowest BCUT2D eigenvalue weighted by Crippen LogP contribution is -2.34. The first-order chi connectivity index (χ1) is 9.98. The van der Waals surface area contributed by atoms with Crippen LogP contribution in [0.1, 0.15) is 57.7 Å². The van der Waals surface area contributed by atoms with Crippen molar-refractivity contribution >= 4 is 28.0 Å². The second-order valence-electron chi connectivity index (χ2n) is 6.02. The number of thiophene rings is 1. The fraction of sp³-hybridized carbons (Fsp3) is 0.533. The van der Waals surface area contributed by atoms with Crippen LogP contribution in [0.4, 0.5) is 5.00 Å². The van der Waals surface area contributed by atoms with Crippen molar-refractivity contribution in [2.75, 3.05) is 5.73 Å². The lowest BCUT2D eigenvalue weighted by Gasteiger charge is -2.29. The molecule has 2 aliphatic rings. The Labute approximate surface area is 126 Å². The molecule has 5 nitrogen and oxygen atoms in total. The van der Waals surface area contributed by atoms with Crippen LogP contribution in [-0.2, 0) is 6.42 Å². The van der Waals surface area contributed by atoms with E-state index in [4.69, 9.17) is 11.5 Å². The largest absolute Gasteiger partial charge is 0.390 e. The average Bonchev–Trinajstić information content (AvgIpc) is 3.20. The van der Waals surface area contributed by atoms with Crippen LogP contribution in [-0.4, -0.2) is 11.7 Å². The van der Waals surface area contributed by atoms with Crippen LogP contribution >= 0.6 is 11.3 Å². The summed E-state index contributed by atoms with van der Waals surface area (Å²) in [4.78, 5) is 24.7. The van der Waals surface area contributed by atoms with Crippen LogP contribution in [0.25, 0.3) is 0 Å². The quantitative estimate of drug-likeness (QED) is 0.888. The van der Waals surface area contributed by atoms with Crippen LogP contribution in [0.3, 0.4) is 0 Å². The van der Waals surface area contributed by atoms with E-state index in [0.717, 1.165) is 17.8 Å². The number of carbonyl (C=O) groups is 2. The van der Waals surface area contributed by atoms with Gasteiger partial charge in [0.1, 0.15) is 5.41 Å². The molecule has 1 unspecified atom stereocenters. The molecule has 1 amide bonds. The number of amides is 1. The Morgan fingerprint density at radius 3 is 2.76 bits per heavy atom. The van der Waals surface area contributed by atoms with Crippen molar-refractivity contribution < 1.29 is 9.59 Å². The number of anilines is 1. The molecule has 1 saturated carbocycles. The van der Waals surface area contributed by atoms with Crippen molar-refractivity contribution in [2.45, 2.75) is 38.5 Å². The number of ketones is 1. The molecule has 1 fully saturated rings. The first-order valence-corrected chi connectivity index (χ1v) is 7.97. The fourth-order valence-corrected chi connectivity index (χ4v) is 4.27. The standard InChI is InChI=1S/C15H17N3O2S/c16-7-15(5-3-8-1-2-8)6-4-9-10(13(17)20)14(18)21-11(9)12(15)19/h8H,1-6,18H2,(H2,17,20). The van der Waals surface area contributed by atoms with Crippen molar-refractivity contribution in [1.29, 1.82) is 5.26 Å². The van der Waals surface area contributed by atoms with Crippen LogP contribution in [0.2, 0.25) is 0 Å². The molecule has 110 valence electrons. The summed E-state index contributed by atoms with van der Waals surface area (Å²) in [6.45, 7) is 0. The SMILES string of the molecule is N#CC1(CCC2CC2)CCc2c(sc(N)c2C(N)=O)C1=O. The predicted molar refractivity (Wildman–Crippen MR) is 79.9 cm³/mol. The Morgan fingerprint density at radius 2 is 2.19 bits per heavy atom. The van der Waals surface area contributed by atoms with Crippen molar-refractivity contribution in [3.8, 4) is 6.07 Å².